The van der Waals surface area contributed by atoms with E-state index in [1.165, 1.54) is 0 Å². The highest BCUT2D eigenvalue weighted by atomic mass is 32.2. The molecule has 5 nitrogen and oxygen atoms in total. The maximum Gasteiger partial charge on any atom is 0.264 e. The van der Waals surface area contributed by atoms with E-state index in [0.717, 1.165) is 6.42 Å². The van der Waals surface area contributed by atoms with Gasteiger partial charge in [-0.2, -0.15) is 8.42 Å². The summed E-state index contributed by atoms with van der Waals surface area (Å²) in [6.45, 7) is 0. The number of unbranched alkanes of at least 4 members (excludes halogenated alkanes) is 3. The summed E-state index contributed by atoms with van der Waals surface area (Å²) in [5, 5.41) is 16.9. The van der Waals surface area contributed by atoms with E-state index in [1.54, 1.807) is 0 Å². The Morgan fingerprint density at radius 1 is 1.00 bits per heavy atom. The van der Waals surface area contributed by atoms with Crippen LogP contribution >= 0.6 is 0 Å². The van der Waals surface area contributed by atoms with E-state index in [0.29, 0.717) is 25.7 Å². The second-order valence-electron chi connectivity index (χ2n) is 2.97. The van der Waals surface area contributed by atoms with E-state index in [1.807, 2.05) is 0 Å². The third-order valence-corrected chi connectivity index (χ3v) is 2.42. The lowest BCUT2D eigenvalue weighted by Crippen LogP contribution is -2.05. The maximum atomic E-state index is 10.2. The Labute approximate surface area is 78.1 Å². The summed E-state index contributed by atoms with van der Waals surface area (Å²) in [5.41, 5.74) is 0. The summed E-state index contributed by atoms with van der Waals surface area (Å²) < 4.78 is 28.9. The van der Waals surface area contributed by atoms with Crippen molar-refractivity contribution in [3.05, 3.63) is 0 Å². The first-order valence-electron chi connectivity index (χ1n) is 4.23. The highest BCUT2D eigenvalue weighted by Crippen LogP contribution is 2.05. The van der Waals surface area contributed by atoms with E-state index in [-0.39, 0.29) is 5.75 Å². The third-order valence-electron chi connectivity index (χ3n) is 1.61. The molecule has 0 radical (unpaired) electrons. The molecule has 0 unspecified atom stereocenters. The molecule has 0 aromatic heterocycles. The van der Waals surface area contributed by atoms with Crippen LogP contribution in [0, 0.1) is 0 Å². The number of aliphatic hydroxyl groups excluding tert-OH is 1. The molecular weight excluding hydrogens is 196 g/mol. The van der Waals surface area contributed by atoms with Crippen LogP contribution < -0.4 is 0 Å². The molecule has 0 fully saturated rings. The van der Waals surface area contributed by atoms with Gasteiger partial charge in [0.15, 0.2) is 6.29 Å². The highest BCUT2D eigenvalue weighted by Gasteiger charge is 2.03. The lowest BCUT2D eigenvalue weighted by atomic mass is 10.1. The molecule has 0 aliphatic rings. The average molecular weight is 212 g/mol. The Morgan fingerprint density at radius 3 is 2.00 bits per heavy atom. The van der Waals surface area contributed by atoms with Crippen LogP contribution in [0.1, 0.15) is 32.1 Å². The van der Waals surface area contributed by atoms with E-state index >= 15 is 0 Å². The fourth-order valence-corrected chi connectivity index (χ4v) is 1.53. The highest BCUT2D eigenvalue weighted by molar-refractivity contribution is 7.85. The Kier molecular flexibility index (Phi) is 6.23. The van der Waals surface area contributed by atoms with Crippen LogP contribution in [-0.2, 0) is 10.1 Å². The molecular formula is C7H16O5S. The van der Waals surface area contributed by atoms with Crippen molar-refractivity contribution in [3.63, 3.8) is 0 Å². The van der Waals surface area contributed by atoms with Crippen LogP contribution in [0.25, 0.3) is 0 Å². The quantitative estimate of drug-likeness (QED) is 0.317. The average Bonchev–Trinajstić information content (AvgIpc) is 1.93. The SMILES string of the molecule is O=S(=O)(O)CCCCCCC(O)O. The van der Waals surface area contributed by atoms with Crippen molar-refractivity contribution in [2.75, 3.05) is 5.75 Å². The summed E-state index contributed by atoms with van der Waals surface area (Å²) >= 11 is 0. The molecule has 0 rings (SSSR count). The van der Waals surface area contributed by atoms with Crippen molar-refractivity contribution in [3.8, 4) is 0 Å². The van der Waals surface area contributed by atoms with Gasteiger partial charge in [0, 0.05) is 0 Å². The third kappa shape index (κ3) is 11.8. The molecule has 0 bridgehead atoms. The van der Waals surface area contributed by atoms with Gasteiger partial charge in [0.05, 0.1) is 5.75 Å². The topological polar surface area (TPSA) is 94.8 Å². The molecule has 6 heteroatoms. The molecule has 13 heavy (non-hydrogen) atoms. The lowest BCUT2D eigenvalue weighted by molar-refractivity contribution is -0.0465. The molecule has 0 atom stereocenters. The number of hydrogen-bond acceptors (Lipinski definition) is 4. The van der Waals surface area contributed by atoms with Crippen molar-refractivity contribution < 1.29 is 23.2 Å². The van der Waals surface area contributed by atoms with Crippen LogP contribution in [0.3, 0.4) is 0 Å². The van der Waals surface area contributed by atoms with Gasteiger partial charge in [-0.1, -0.05) is 12.8 Å². The molecule has 0 saturated carbocycles. The second kappa shape index (κ2) is 6.31. The molecule has 0 heterocycles. The Hall–Kier alpha value is -0.170. The van der Waals surface area contributed by atoms with Gasteiger partial charge >= 0.3 is 0 Å². The summed E-state index contributed by atoms with van der Waals surface area (Å²) in [6.07, 6.45) is 1.52. The fraction of sp³-hybridized carbons (Fsp3) is 1.00. The summed E-state index contributed by atoms with van der Waals surface area (Å²) in [6, 6.07) is 0. The van der Waals surface area contributed by atoms with Gasteiger partial charge in [-0.05, 0) is 19.3 Å². The van der Waals surface area contributed by atoms with Gasteiger partial charge < -0.3 is 10.2 Å². The zero-order valence-corrected chi connectivity index (χ0v) is 8.20. The molecule has 0 aromatic rings. The van der Waals surface area contributed by atoms with Crippen molar-refractivity contribution in [2.45, 2.75) is 38.4 Å². The minimum absolute atomic E-state index is 0.214. The van der Waals surface area contributed by atoms with E-state index in [4.69, 9.17) is 14.8 Å². The second-order valence-corrected chi connectivity index (χ2v) is 4.54. The van der Waals surface area contributed by atoms with Gasteiger partial charge in [-0.25, -0.2) is 0 Å². The van der Waals surface area contributed by atoms with Gasteiger partial charge in [-0.3, -0.25) is 4.55 Å². The molecule has 0 amide bonds. The minimum Gasteiger partial charge on any atom is -0.368 e. The van der Waals surface area contributed by atoms with Crippen LogP contribution in [0.4, 0.5) is 0 Å². The Balaban J connectivity index is 3.18. The zero-order valence-electron chi connectivity index (χ0n) is 7.39. The normalized spacial score (nSPS) is 12.3. The minimum atomic E-state index is -3.83. The van der Waals surface area contributed by atoms with Crippen molar-refractivity contribution in [1.82, 2.24) is 0 Å². The number of aliphatic hydroxyl groups is 2. The van der Waals surface area contributed by atoms with Gasteiger partial charge in [0.1, 0.15) is 0 Å². The molecule has 0 aliphatic carbocycles. The maximum absolute atomic E-state index is 10.2. The van der Waals surface area contributed by atoms with Crippen LogP contribution in [0.5, 0.6) is 0 Å². The summed E-state index contributed by atoms with van der Waals surface area (Å²) in [5.74, 6) is -0.214. The molecule has 0 aliphatic heterocycles. The predicted octanol–water partition coefficient (Wildman–Crippen LogP) is 0.135. The van der Waals surface area contributed by atoms with Gasteiger partial charge in [0.2, 0.25) is 0 Å². The van der Waals surface area contributed by atoms with Crippen molar-refractivity contribution >= 4 is 10.1 Å². The van der Waals surface area contributed by atoms with E-state index in [2.05, 4.69) is 0 Å². The zero-order chi connectivity index (χ0) is 10.3. The first-order valence-corrected chi connectivity index (χ1v) is 5.84. The molecule has 0 saturated heterocycles. The number of hydrogen-bond donors (Lipinski definition) is 3. The van der Waals surface area contributed by atoms with Crippen LogP contribution in [0.2, 0.25) is 0 Å². The van der Waals surface area contributed by atoms with Crippen LogP contribution in [0.15, 0.2) is 0 Å². The summed E-state index contributed by atoms with van der Waals surface area (Å²) in [7, 11) is -3.83. The van der Waals surface area contributed by atoms with Gasteiger partial charge in [-0.15, -0.1) is 0 Å². The first kappa shape index (κ1) is 12.8. The van der Waals surface area contributed by atoms with Crippen molar-refractivity contribution in [2.24, 2.45) is 0 Å². The number of rotatable bonds is 7. The predicted molar refractivity (Wildman–Crippen MR) is 47.7 cm³/mol. The van der Waals surface area contributed by atoms with E-state index < -0.39 is 16.4 Å². The Bertz CT molecular complexity index is 209. The van der Waals surface area contributed by atoms with Crippen molar-refractivity contribution in [1.29, 1.82) is 0 Å². The molecule has 0 aromatic carbocycles. The van der Waals surface area contributed by atoms with E-state index in [9.17, 15) is 8.42 Å². The molecule has 3 N–H and O–H groups in total. The largest absolute Gasteiger partial charge is 0.368 e. The molecule has 0 spiro atoms. The monoisotopic (exact) mass is 212 g/mol. The van der Waals surface area contributed by atoms with Gasteiger partial charge in [0.25, 0.3) is 10.1 Å². The first-order chi connectivity index (χ1) is 5.92. The van der Waals surface area contributed by atoms with Crippen LogP contribution in [-0.4, -0.2) is 35.2 Å². The molecule has 80 valence electrons. The standard InChI is InChI=1S/C7H16O5S/c8-7(9)5-3-1-2-4-6-13(10,11)12/h7-9H,1-6H2,(H,10,11,12). The smallest absolute Gasteiger partial charge is 0.264 e. The summed E-state index contributed by atoms with van der Waals surface area (Å²) in [4.78, 5) is 0. The Morgan fingerprint density at radius 2 is 1.54 bits per heavy atom. The fourth-order valence-electron chi connectivity index (χ4n) is 0.965. The lowest BCUT2D eigenvalue weighted by Gasteiger charge is -2.02.